The van der Waals surface area contributed by atoms with Crippen molar-refractivity contribution in [2.75, 3.05) is 13.2 Å². The lowest BCUT2D eigenvalue weighted by Gasteiger charge is -2.18. The van der Waals surface area contributed by atoms with Crippen molar-refractivity contribution in [1.82, 2.24) is 10.6 Å². The normalized spacial score (nSPS) is 13.6. The third-order valence-electron chi connectivity index (χ3n) is 3.43. The summed E-state index contributed by atoms with van der Waals surface area (Å²) in [6.07, 6.45) is 2.83. The molecule has 0 aliphatic carbocycles. The van der Waals surface area contributed by atoms with Gasteiger partial charge in [0, 0.05) is 13.2 Å². The molecule has 4 nitrogen and oxygen atoms in total. The highest BCUT2D eigenvalue weighted by Gasteiger charge is 2.11. The summed E-state index contributed by atoms with van der Waals surface area (Å²) in [5, 5.41) is 14.8. The molecule has 0 saturated carbocycles. The van der Waals surface area contributed by atoms with Gasteiger partial charge in [0.25, 0.3) is 0 Å². The van der Waals surface area contributed by atoms with Crippen molar-refractivity contribution in [3.63, 3.8) is 0 Å². The number of aliphatic hydroxyl groups is 1. The van der Waals surface area contributed by atoms with Crippen molar-refractivity contribution in [2.24, 2.45) is 5.92 Å². The quantitative estimate of drug-likeness (QED) is 0.684. The fourth-order valence-electron chi connectivity index (χ4n) is 2.25. The topological polar surface area (TPSA) is 61.4 Å². The first-order valence-corrected chi connectivity index (χ1v) is 7.37. The molecule has 0 aliphatic heterocycles. The van der Waals surface area contributed by atoms with Gasteiger partial charge in [0.05, 0.1) is 6.04 Å². The smallest absolute Gasteiger partial charge is 0.315 e. The van der Waals surface area contributed by atoms with E-state index in [1.807, 2.05) is 37.3 Å². The Morgan fingerprint density at radius 1 is 1.25 bits per heavy atom. The minimum atomic E-state index is -0.152. The summed E-state index contributed by atoms with van der Waals surface area (Å²) in [4.78, 5) is 11.9. The first kappa shape index (κ1) is 16.5. The van der Waals surface area contributed by atoms with Crippen LogP contribution in [-0.2, 0) is 0 Å². The molecule has 0 aromatic heterocycles. The highest BCUT2D eigenvalue weighted by atomic mass is 16.3. The molecule has 0 bridgehead atoms. The molecule has 1 rings (SSSR count). The number of hydrogen-bond acceptors (Lipinski definition) is 2. The summed E-state index contributed by atoms with van der Waals surface area (Å²) in [5.41, 5.74) is 1.09. The summed E-state index contributed by atoms with van der Waals surface area (Å²) >= 11 is 0. The molecule has 0 aliphatic rings. The van der Waals surface area contributed by atoms with Gasteiger partial charge in [-0.25, -0.2) is 4.79 Å². The first-order valence-electron chi connectivity index (χ1n) is 7.37. The predicted molar refractivity (Wildman–Crippen MR) is 81.5 cm³/mol. The molecule has 0 spiro atoms. The summed E-state index contributed by atoms with van der Waals surface area (Å²) in [6.45, 7) is 4.87. The largest absolute Gasteiger partial charge is 0.396 e. The van der Waals surface area contributed by atoms with Crippen LogP contribution < -0.4 is 10.6 Å². The lowest BCUT2D eigenvalue weighted by atomic mass is 10.0. The minimum Gasteiger partial charge on any atom is -0.396 e. The monoisotopic (exact) mass is 278 g/mol. The van der Waals surface area contributed by atoms with Gasteiger partial charge in [-0.2, -0.15) is 0 Å². The van der Waals surface area contributed by atoms with E-state index in [9.17, 15) is 4.79 Å². The van der Waals surface area contributed by atoms with Crippen molar-refractivity contribution >= 4 is 6.03 Å². The number of aliphatic hydroxyl groups excluding tert-OH is 1. The number of hydrogen-bond donors (Lipinski definition) is 3. The van der Waals surface area contributed by atoms with E-state index < -0.39 is 0 Å². The zero-order valence-corrected chi connectivity index (χ0v) is 12.4. The maximum atomic E-state index is 11.9. The van der Waals surface area contributed by atoms with Gasteiger partial charge in [0.15, 0.2) is 0 Å². The van der Waals surface area contributed by atoms with Crippen LogP contribution in [0.5, 0.6) is 0 Å². The van der Waals surface area contributed by atoms with Gasteiger partial charge in [-0.3, -0.25) is 0 Å². The lowest BCUT2D eigenvalue weighted by Crippen LogP contribution is -2.39. The van der Waals surface area contributed by atoms with E-state index in [-0.39, 0.29) is 18.7 Å². The summed E-state index contributed by atoms with van der Waals surface area (Å²) in [7, 11) is 0. The second-order valence-corrected chi connectivity index (χ2v) is 5.15. The molecule has 4 heteroatoms. The SMILES string of the molecule is CCCC(CCO)CNC(=O)NC(C)c1ccccc1. The van der Waals surface area contributed by atoms with E-state index in [0.717, 1.165) is 24.8 Å². The summed E-state index contributed by atoms with van der Waals surface area (Å²) < 4.78 is 0. The van der Waals surface area contributed by atoms with Crippen LogP contribution in [0.1, 0.15) is 44.7 Å². The fourth-order valence-corrected chi connectivity index (χ4v) is 2.25. The van der Waals surface area contributed by atoms with Crippen LogP contribution in [0.3, 0.4) is 0 Å². The number of urea groups is 1. The van der Waals surface area contributed by atoms with E-state index >= 15 is 0 Å². The number of carbonyl (C=O) groups is 1. The Hall–Kier alpha value is -1.55. The van der Waals surface area contributed by atoms with Gasteiger partial charge < -0.3 is 15.7 Å². The number of rotatable bonds is 8. The lowest BCUT2D eigenvalue weighted by molar-refractivity contribution is 0.227. The molecule has 0 fully saturated rings. The van der Waals surface area contributed by atoms with E-state index in [1.165, 1.54) is 0 Å². The highest BCUT2D eigenvalue weighted by Crippen LogP contribution is 2.11. The van der Waals surface area contributed by atoms with Crippen molar-refractivity contribution in [3.05, 3.63) is 35.9 Å². The molecule has 2 atom stereocenters. The molecule has 1 aromatic carbocycles. The van der Waals surface area contributed by atoms with Gasteiger partial charge in [-0.1, -0.05) is 43.7 Å². The summed E-state index contributed by atoms with van der Waals surface area (Å²) in [5.74, 6) is 0.350. The third-order valence-corrected chi connectivity index (χ3v) is 3.43. The van der Waals surface area contributed by atoms with Crippen LogP contribution in [0.15, 0.2) is 30.3 Å². The number of amides is 2. The molecule has 0 heterocycles. The molecule has 1 aromatic rings. The Bertz CT molecular complexity index is 375. The molecule has 2 unspecified atom stereocenters. The van der Waals surface area contributed by atoms with Gasteiger partial charge in [-0.05, 0) is 31.2 Å². The van der Waals surface area contributed by atoms with E-state index in [0.29, 0.717) is 12.5 Å². The van der Waals surface area contributed by atoms with Crippen LogP contribution in [0, 0.1) is 5.92 Å². The first-order chi connectivity index (χ1) is 9.67. The zero-order valence-electron chi connectivity index (χ0n) is 12.4. The number of nitrogens with one attached hydrogen (secondary N) is 2. The van der Waals surface area contributed by atoms with Crippen molar-refractivity contribution in [2.45, 2.75) is 39.2 Å². The second-order valence-electron chi connectivity index (χ2n) is 5.15. The van der Waals surface area contributed by atoms with E-state index in [1.54, 1.807) is 0 Å². The molecular formula is C16H26N2O2. The van der Waals surface area contributed by atoms with Crippen molar-refractivity contribution in [1.29, 1.82) is 0 Å². The van der Waals surface area contributed by atoms with Gasteiger partial charge in [0.1, 0.15) is 0 Å². The van der Waals surface area contributed by atoms with Crippen LogP contribution >= 0.6 is 0 Å². The Balaban J connectivity index is 2.35. The van der Waals surface area contributed by atoms with E-state index in [4.69, 9.17) is 5.11 Å². The maximum Gasteiger partial charge on any atom is 0.315 e. The summed E-state index contributed by atoms with van der Waals surface area (Å²) in [6, 6.07) is 9.71. The standard InChI is InChI=1S/C16H26N2O2/c1-3-7-14(10-11-19)12-17-16(20)18-13(2)15-8-5-4-6-9-15/h4-6,8-9,13-14,19H,3,7,10-12H2,1-2H3,(H2,17,18,20). The number of carbonyl (C=O) groups excluding carboxylic acids is 1. The Labute approximate surface area is 121 Å². The van der Waals surface area contributed by atoms with Gasteiger partial charge in [0.2, 0.25) is 0 Å². The zero-order chi connectivity index (χ0) is 14.8. The minimum absolute atomic E-state index is 0.0151. The fraction of sp³-hybridized carbons (Fsp3) is 0.562. The molecule has 2 amide bonds. The van der Waals surface area contributed by atoms with Crippen molar-refractivity contribution < 1.29 is 9.90 Å². The second kappa shape index (κ2) is 9.37. The number of benzene rings is 1. The van der Waals surface area contributed by atoms with Gasteiger partial charge >= 0.3 is 6.03 Å². The Kier molecular flexibility index (Phi) is 7.73. The average Bonchev–Trinajstić information content (AvgIpc) is 2.46. The Morgan fingerprint density at radius 3 is 2.55 bits per heavy atom. The molecule has 112 valence electrons. The molecule has 0 radical (unpaired) electrons. The highest BCUT2D eigenvalue weighted by molar-refractivity contribution is 5.74. The molecular weight excluding hydrogens is 252 g/mol. The third kappa shape index (κ3) is 6.06. The van der Waals surface area contributed by atoms with Crippen LogP contribution in [-0.4, -0.2) is 24.3 Å². The van der Waals surface area contributed by atoms with Gasteiger partial charge in [-0.15, -0.1) is 0 Å². The Morgan fingerprint density at radius 2 is 1.95 bits per heavy atom. The molecule has 0 saturated heterocycles. The molecule has 20 heavy (non-hydrogen) atoms. The van der Waals surface area contributed by atoms with Crippen LogP contribution in [0.4, 0.5) is 4.79 Å². The molecule has 3 N–H and O–H groups in total. The van der Waals surface area contributed by atoms with Crippen LogP contribution in [0.25, 0.3) is 0 Å². The van der Waals surface area contributed by atoms with Crippen LogP contribution in [0.2, 0.25) is 0 Å². The van der Waals surface area contributed by atoms with E-state index in [2.05, 4.69) is 17.6 Å². The van der Waals surface area contributed by atoms with Crippen molar-refractivity contribution in [3.8, 4) is 0 Å². The average molecular weight is 278 g/mol. The maximum absolute atomic E-state index is 11.9. The predicted octanol–water partition coefficient (Wildman–Crippen LogP) is 2.85.